The van der Waals surface area contributed by atoms with E-state index in [2.05, 4.69) is 20.7 Å². The van der Waals surface area contributed by atoms with Gasteiger partial charge in [0, 0.05) is 24.1 Å². The van der Waals surface area contributed by atoms with Crippen molar-refractivity contribution >= 4 is 39.7 Å². The molecule has 13 nitrogen and oxygen atoms in total. The number of carbonyl (C=O) groups is 5. The van der Waals surface area contributed by atoms with Crippen LogP contribution in [0.4, 0.5) is 4.79 Å². The topological polar surface area (TPSA) is 180 Å². The lowest BCUT2D eigenvalue weighted by Gasteiger charge is -2.30. The van der Waals surface area contributed by atoms with Gasteiger partial charge >= 0.3 is 6.09 Å². The third kappa shape index (κ3) is 9.27. The highest BCUT2D eigenvalue weighted by molar-refractivity contribution is 7.91. The minimum absolute atomic E-state index is 0.0309. The molecule has 6 rings (SSSR count). The number of hydrogen-bond donors (Lipinski definition) is 4. The number of benzene rings is 2. The van der Waals surface area contributed by atoms with Gasteiger partial charge in [0.1, 0.15) is 23.2 Å². The van der Waals surface area contributed by atoms with Crippen molar-refractivity contribution in [3.05, 3.63) is 72.3 Å². The van der Waals surface area contributed by atoms with Crippen LogP contribution in [-0.4, -0.2) is 84.1 Å². The monoisotopic (exact) mass is 747 g/mol. The lowest BCUT2D eigenvalue weighted by molar-refractivity contribution is -0.141. The van der Waals surface area contributed by atoms with Gasteiger partial charge in [-0.15, -0.1) is 0 Å². The van der Waals surface area contributed by atoms with E-state index in [4.69, 9.17) is 4.74 Å². The second-order valence-corrected chi connectivity index (χ2v) is 17.5. The fraction of sp³-hybridized carbons (Fsp3) is 0.513. The van der Waals surface area contributed by atoms with E-state index in [1.54, 1.807) is 32.9 Å². The molecule has 0 spiro atoms. The second-order valence-electron chi connectivity index (χ2n) is 15.6. The van der Waals surface area contributed by atoms with Crippen LogP contribution in [0, 0.1) is 5.92 Å². The molecule has 5 amide bonds. The summed E-state index contributed by atoms with van der Waals surface area (Å²) in [5.74, 6) is -2.80. The molecule has 4 aliphatic rings. The molecular weight excluding hydrogens is 699 g/mol. The molecule has 284 valence electrons. The molecule has 2 aromatic carbocycles. The lowest BCUT2D eigenvalue weighted by Crippen LogP contribution is -2.58. The zero-order chi connectivity index (χ0) is 38.0. The van der Waals surface area contributed by atoms with Crippen LogP contribution in [0.2, 0.25) is 0 Å². The number of allylic oxidation sites excluding steroid dienone is 1. The summed E-state index contributed by atoms with van der Waals surface area (Å²) in [6.45, 7) is 5.12. The third-order valence-corrected chi connectivity index (χ3v) is 12.0. The van der Waals surface area contributed by atoms with E-state index in [0.717, 1.165) is 24.0 Å². The summed E-state index contributed by atoms with van der Waals surface area (Å²) < 4.78 is 33.2. The Morgan fingerprint density at radius 1 is 0.906 bits per heavy atom. The molecule has 2 aliphatic heterocycles. The molecule has 2 aromatic rings. The molecule has 2 saturated carbocycles. The maximum absolute atomic E-state index is 14.4. The highest BCUT2D eigenvalue weighted by atomic mass is 32.2. The van der Waals surface area contributed by atoms with Gasteiger partial charge in [0.2, 0.25) is 21.8 Å². The van der Waals surface area contributed by atoms with Crippen molar-refractivity contribution < 1.29 is 37.1 Å². The summed E-state index contributed by atoms with van der Waals surface area (Å²) in [5.41, 5.74) is 0.0155. The minimum atomic E-state index is -3.89. The largest absolute Gasteiger partial charge is 0.444 e. The summed E-state index contributed by atoms with van der Waals surface area (Å²) >= 11 is 0. The fourth-order valence-corrected chi connectivity index (χ4v) is 8.43. The van der Waals surface area contributed by atoms with Gasteiger partial charge in [-0.1, -0.05) is 67.5 Å². The van der Waals surface area contributed by atoms with Crippen molar-refractivity contribution in [2.24, 2.45) is 5.92 Å². The van der Waals surface area contributed by atoms with Gasteiger partial charge in [0.05, 0.1) is 5.25 Å². The van der Waals surface area contributed by atoms with Crippen LogP contribution in [-0.2, 0) is 29.1 Å². The minimum Gasteiger partial charge on any atom is -0.444 e. The lowest BCUT2D eigenvalue weighted by atomic mass is 10.0. The van der Waals surface area contributed by atoms with Crippen LogP contribution in [0.15, 0.2) is 66.7 Å². The molecule has 1 saturated heterocycles. The van der Waals surface area contributed by atoms with Crippen molar-refractivity contribution in [3.63, 3.8) is 0 Å². The first-order valence-corrected chi connectivity index (χ1v) is 20.0. The van der Waals surface area contributed by atoms with E-state index in [0.29, 0.717) is 37.7 Å². The second kappa shape index (κ2) is 15.3. The Labute approximate surface area is 310 Å². The van der Waals surface area contributed by atoms with E-state index < -0.39 is 74.3 Å². The number of ether oxygens (including phenoxy) is 1. The summed E-state index contributed by atoms with van der Waals surface area (Å²) in [4.78, 5) is 70.0. The van der Waals surface area contributed by atoms with Gasteiger partial charge in [-0.3, -0.25) is 23.9 Å². The number of carbonyl (C=O) groups excluding carboxylic acids is 5. The Kier molecular flexibility index (Phi) is 11.0. The summed E-state index contributed by atoms with van der Waals surface area (Å²) in [6.07, 6.45) is 7.30. The first-order valence-electron chi connectivity index (χ1n) is 18.5. The Morgan fingerprint density at radius 2 is 1.60 bits per heavy atom. The van der Waals surface area contributed by atoms with Crippen LogP contribution < -0.4 is 20.7 Å². The van der Waals surface area contributed by atoms with Crippen LogP contribution >= 0.6 is 0 Å². The van der Waals surface area contributed by atoms with E-state index >= 15 is 0 Å². The molecule has 14 heteroatoms. The quantitative estimate of drug-likeness (QED) is 0.308. The Hall–Kier alpha value is -4.72. The molecule has 0 unspecified atom stereocenters. The van der Waals surface area contributed by atoms with Crippen LogP contribution in [0.3, 0.4) is 0 Å². The number of amides is 5. The number of nitrogens with zero attached hydrogens (tertiary/aromatic N) is 1. The van der Waals surface area contributed by atoms with Gasteiger partial charge in [-0.05, 0) is 89.0 Å². The zero-order valence-corrected chi connectivity index (χ0v) is 31.2. The first-order chi connectivity index (χ1) is 25.1. The van der Waals surface area contributed by atoms with Crippen LogP contribution in [0.5, 0.6) is 0 Å². The van der Waals surface area contributed by atoms with Crippen molar-refractivity contribution in [2.45, 2.75) is 113 Å². The molecule has 2 heterocycles. The highest BCUT2D eigenvalue weighted by Crippen LogP contribution is 2.46. The Morgan fingerprint density at radius 3 is 2.28 bits per heavy atom. The molecule has 3 fully saturated rings. The molecule has 53 heavy (non-hydrogen) atoms. The van der Waals surface area contributed by atoms with Gasteiger partial charge in [-0.2, -0.15) is 0 Å². The normalized spacial score (nSPS) is 27.1. The number of rotatable bonds is 7. The Bertz CT molecular complexity index is 1860. The molecule has 2 aliphatic carbocycles. The molecule has 4 N–H and O–H groups in total. The third-order valence-electron chi connectivity index (χ3n) is 10.2. The first kappa shape index (κ1) is 38.0. The van der Waals surface area contributed by atoms with Crippen molar-refractivity contribution in [1.82, 2.24) is 25.6 Å². The average molecular weight is 748 g/mol. The Balaban J connectivity index is 1.25. The molecule has 0 bridgehead atoms. The van der Waals surface area contributed by atoms with Crippen molar-refractivity contribution in [1.29, 1.82) is 0 Å². The highest BCUT2D eigenvalue weighted by Gasteiger charge is 2.62. The fourth-order valence-electron chi connectivity index (χ4n) is 7.07. The van der Waals surface area contributed by atoms with E-state index in [-0.39, 0.29) is 25.3 Å². The molecule has 0 radical (unpaired) electrons. The number of alkyl carbamates (subject to hydrolysis) is 1. The summed E-state index contributed by atoms with van der Waals surface area (Å²) in [6, 6.07) is 14.1. The van der Waals surface area contributed by atoms with Crippen LogP contribution in [0.1, 0.15) is 88.9 Å². The van der Waals surface area contributed by atoms with Gasteiger partial charge in [-0.25, -0.2) is 13.2 Å². The SMILES string of the molecule is CC(C)(C)OC(=O)N[C@H]1CCCCC/C=C\[C@H]2C[C@@]2(C(=O)NS(=O)(=O)C2CC2)NC(=O)[C@@H]2C[C@@H](NC(=O)c3ccc(-c4ccccc4)cc3)CN2C1=O. The smallest absolute Gasteiger partial charge is 0.408 e. The van der Waals surface area contributed by atoms with Crippen molar-refractivity contribution in [3.8, 4) is 11.1 Å². The van der Waals surface area contributed by atoms with E-state index in [1.807, 2.05) is 54.6 Å². The number of hydrogen-bond acceptors (Lipinski definition) is 8. The van der Waals surface area contributed by atoms with Crippen molar-refractivity contribution in [2.75, 3.05) is 6.54 Å². The maximum Gasteiger partial charge on any atom is 0.408 e. The standard InChI is InChI=1S/C39H49N5O8S/c1-38(2,3)52-37(49)41-31-15-11-6-4-5-10-14-28-23-39(28,36(48)43-53(50,51)30-20-21-30)42-34(46)32-22-29(24-44(32)35(31)47)40-33(45)27-18-16-26(17-19-27)25-12-8-7-9-13-25/h7-10,12-14,16-19,28-32H,4-6,11,15,20-24H2,1-3H3,(H,40,45)(H,41,49)(H,42,46)(H,43,48)/b14-10-/t28-,29+,31-,32-,39+/m0/s1. The number of sulfonamides is 1. The van der Waals surface area contributed by atoms with E-state index in [1.165, 1.54) is 4.90 Å². The van der Waals surface area contributed by atoms with Gasteiger partial charge in [0.15, 0.2) is 0 Å². The van der Waals surface area contributed by atoms with Gasteiger partial charge in [0.25, 0.3) is 11.8 Å². The predicted molar refractivity (Wildman–Crippen MR) is 198 cm³/mol. The summed E-state index contributed by atoms with van der Waals surface area (Å²) in [5, 5.41) is 7.89. The number of fused-ring (bicyclic) bond motifs is 2. The maximum atomic E-state index is 14.4. The van der Waals surface area contributed by atoms with E-state index in [9.17, 15) is 32.4 Å². The number of nitrogens with one attached hydrogen (secondary N) is 4. The van der Waals surface area contributed by atoms with Gasteiger partial charge < -0.3 is 25.6 Å². The average Bonchev–Trinajstić information content (AvgIpc) is 4.03. The molecular formula is C39H49N5O8S. The molecule has 0 aromatic heterocycles. The predicted octanol–water partition coefficient (Wildman–Crippen LogP) is 3.95. The zero-order valence-electron chi connectivity index (χ0n) is 30.4. The summed E-state index contributed by atoms with van der Waals surface area (Å²) in [7, 11) is -3.89. The van der Waals surface area contributed by atoms with Crippen LogP contribution in [0.25, 0.3) is 11.1 Å². The molecule has 5 atom stereocenters.